The van der Waals surface area contributed by atoms with Crippen LogP contribution in [0.15, 0.2) is 47.5 Å². The fraction of sp³-hybridized carbons (Fsp3) is 0.125. The van der Waals surface area contributed by atoms with Crippen LogP contribution in [0.5, 0.6) is 11.6 Å². The summed E-state index contributed by atoms with van der Waals surface area (Å²) in [6.45, 7) is 3.88. The smallest absolute Gasteiger partial charge is 0.226 e. The highest BCUT2D eigenvalue weighted by Gasteiger charge is 2.12. The van der Waals surface area contributed by atoms with Gasteiger partial charge in [0.25, 0.3) is 0 Å². The van der Waals surface area contributed by atoms with E-state index in [0.717, 1.165) is 21.3 Å². The maximum absolute atomic E-state index is 5.87. The van der Waals surface area contributed by atoms with Gasteiger partial charge in [0.05, 0.1) is 6.20 Å². The molecule has 0 unspecified atom stereocenters. The standard InChI is InChI=1S/C16H13BrN4O/c1-10-11(2)20-15(12-3-5-18-6-4-12)21-16(10)22-14-7-13(17)8-19-9-14/h3-9H,1-2H3. The molecular formula is C16H13BrN4O. The van der Waals surface area contributed by atoms with Gasteiger partial charge in [-0.05, 0) is 48.0 Å². The van der Waals surface area contributed by atoms with E-state index >= 15 is 0 Å². The third-order valence-corrected chi connectivity index (χ3v) is 3.61. The number of rotatable bonds is 3. The predicted octanol–water partition coefficient (Wildman–Crippen LogP) is 4.11. The number of hydrogen-bond donors (Lipinski definition) is 0. The van der Waals surface area contributed by atoms with E-state index in [0.29, 0.717) is 17.5 Å². The van der Waals surface area contributed by atoms with Crippen molar-refractivity contribution in [2.45, 2.75) is 13.8 Å². The third-order valence-electron chi connectivity index (χ3n) is 3.18. The van der Waals surface area contributed by atoms with E-state index in [9.17, 15) is 0 Å². The Morgan fingerprint density at radius 3 is 2.50 bits per heavy atom. The molecule has 3 aromatic rings. The lowest BCUT2D eigenvalue weighted by Gasteiger charge is -2.11. The van der Waals surface area contributed by atoms with Gasteiger partial charge in [-0.1, -0.05) is 0 Å². The molecule has 5 nitrogen and oxygen atoms in total. The van der Waals surface area contributed by atoms with Crippen molar-refractivity contribution in [3.05, 3.63) is 58.7 Å². The highest BCUT2D eigenvalue weighted by Crippen LogP contribution is 2.28. The molecule has 0 aromatic carbocycles. The van der Waals surface area contributed by atoms with Gasteiger partial charge in [-0.15, -0.1) is 0 Å². The monoisotopic (exact) mass is 356 g/mol. The van der Waals surface area contributed by atoms with Crippen molar-refractivity contribution < 1.29 is 4.74 Å². The molecule has 0 saturated carbocycles. The number of pyridine rings is 2. The van der Waals surface area contributed by atoms with Gasteiger partial charge in [0.2, 0.25) is 5.88 Å². The number of aromatic nitrogens is 4. The van der Waals surface area contributed by atoms with Gasteiger partial charge in [-0.3, -0.25) is 9.97 Å². The van der Waals surface area contributed by atoms with Crippen LogP contribution in [0.3, 0.4) is 0 Å². The molecule has 6 heteroatoms. The maximum Gasteiger partial charge on any atom is 0.226 e. The Kier molecular flexibility index (Phi) is 4.11. The highest BCUT2D eigenvalue weighted by molar-refractivity contribution is 9.10. The van der Waals surface area contributed by atoms with E-state index in [1.165, 1.54) is 0 Å². The number of ether oxygens (including phenoxy) is 1. The largest absolute Gasteiger partial charge is 0.437 e. The second-order valence-electron chi connectivity index (χ2n) is 4.74. The van der Waals surface area contributed by atoms with Gasteiger partial charge in [-0.25, -0.2) is 4.98 Å². The highest BCUT2D eigenvalue weighted by atomic mass is 79.9. The summed E-state index contributed by atoms with van der Waals surface area (Å²) >= 11 is 3.38. The molecule has 0 aliphatic heterocycles. The zero-order valence-corrected chi connectivity index (χ0v) is 13.7. The summed E-state index contributed by atoms with van der Waals surface area (Å²) in [5.41, 5.74) is 2.67. The van der Waals surface area contributed by atoms with E-state index in [4.69, 9.17) is 4.74 Å². The molecule has 0 spiro atoms. The van der Waals surface area contributed by atoms with Crippen molar-refractivity contribution in [2.24, 2.45) is 0 Å². The van der Waals surface area contributed by atoms with Crippen LogP contribution in [0.25, 0.3) is 11.4 Å². The third kappa shape index (κ3) is 3.12. The molecule has 0 amide bonds. The minimum atomic E-state index is 0.527. The molecule has 110 valence electrons. The van der Waals surface area contributed by atoms with Crippen molar-refractivity contribution >= 4 is 15.9 Å². The molecule has 3 rings (SSSR count). The normalized spacial score (nSPS) is 10.5. The molecule has 3 heterocycles. The molecule has 0 aliphatic rings. The summed E-state index contributed by atoms with van der Waals surface area (Å²) in [4.78, 5) is 17.1. The number of nitrogens with zero attached hydrogens (tertiary/aromatic N) is 4. The summed E-state index contributed by atoms with van der Waals surface area (Å²) in [6, 6.07) is 5.58. The van der Waals surface area contributed by atoms with Gasteiger partial charge < -0.3 is 4.74 Å². The molecular weight excluding hydrogens is 344 g/mol. The van der Waals surface area contributed by atoms with E-state index in [1.54, 1.807) is 24.8 Å². The van der Waals surface area contributed by atoms with Gasteiger partial charge in [-0.2, -0.15) is 4.98 Å². The van der Waals surface area contributed by atoms with Crippen molar-refractivity contribution in [1.29, 1.82) is 0 Å². The first-order chi connectivity index (χ1) is 10.6. The van der Waals surface area contributed by atoms with Crippen LogP contribution >= 0.6 is 15.9 Å². The Morgan fingerprint density at radius 2 is 1.77 bits per heavy atom. The molecule has 0 bridgehead atoms. The van der Waals surface area contributed by atoms with Gasteiger partial charge in [0, 0.05) is 39.9 Å². The van der Waals surface area contributed by atoms with Crippen molar-refractivity contribution in [2.75, 3.05) is 0 Å². The minimum Gasteiger partial charge on any atom is -0.437 e. The molecule has 0 saturated heterocycles. The Hall–Kier alpha value is -2.34. The average molecular weight is 357 g/mol. The maximum atomic E-state index is 5.87. The topological polar surface area (TPSA) is 60.8 Å². The van der Waals surface area contributed by atoms with Crippen LogP contribution in [0.2, 0.25) is 0 Å². The summed E-state index contributed by atoms with van der Waals surface area (Å²) in [5.74, 6) is 1.76. The number of hydrogen-bond acceptors (Lipinski definition) is 5. The van der Waals surface area contributed by atoms with E-state index in [1.807, 2.05) is 32.0 Å². The second-order valence-corrected chi connectivity index (χ2v) is 5.66. The fourth-order valence-corrected chi connectivity index (χ4v) is 2.24. The first-order valence-corrected chi connectivity index (χ1v) is 7.47. The lowest BCUT2D eigenvalue weighted by Crippen LogP contribution is -2.00. The molecule has 0 radical (unpaired) electrons. The van der Waals surface area contributed by atoms with Crippen LogP contribution in [0, 0.1) is 13.8 Å². The Labute approximate surface area is 136 Å². The SMILES string of the molecule is Cc1nc(-c2ccncc2)nc(Oc2cncc(Br)c2)c1C. The average Bonchev–Trinajstić information content (AvgIpc) is 2.52. The number of aryl methyl sites for hydroxylation is 1. The molecule has 0 aliphatic carbocycles. The Morgan fingerprint density at radius 1 is 1.00 bits per heavy atom. The lowest BCUT2D eigenvalue weighted by atomic mass is 10.2. The number of halogens is 1. The van der Waals surface area contributed by atoms with Crippen molar-refractivity contribution in [1.82, 2.24) is 19.9 Å². The van der Waals surface area contributed by atoms with Crippen molar-refractivity contribution in [3.8, 4) is 23.0 Å². The molecule has 22 heavy (non-hydrogen) atoms. The van der Waals surface area contributed by atoms with Crippen LogP contribution in [-0.2, 0) is 0 Å². The van der Waals surface area contributed by atoms with Gasteiger partial charge in [0.15, 0.2) is 5.82 Å². The molecule has 3 aromatic heterocycles. The van der Waals surface area contributed by atoms with Crippen LogP contribution < -0.4 is 4.74 Å². The summed E-state index contributed by atoms with van der Waals surface area (Å²) < 4.78 is 6.72. The van der Waals surface area contributed by atoms with Gasteiger partial charge in [0.1, 0.15) is 5.75 Å². The molecule has 0 fully saturated rings. The zero-order chi connectivity index (χ0) is 15.5. The summed E-state index contributed by atoms with van der Waals surface area (Å²) in [7, 11) is 0. The first kappa shape index (κ1) is 14.6. The van der Waals surface area contributed by atoms with Crippen LogP contribution in [0.4, 0.5) is 0 Å². The molecule has 0 N–H and O–H groups in total. The predicted molar refractivity (Wildman–Crippen MR) is 86.7 cm³/mol. The van der Waals surface area contributed by atoms with Gasteiger partial charge >= 0.3 is 0 Å². The van der Waals surface area contributed by atoms with Crippen LogP contribution in [0.1, 0.15) is 11.3 Å². The molecule has 0 atom stereocenters. The Balaban J connectivity index is 2.02. The van der Waals surface area contributed by atoms with Crippen LogP contribution in [-0.4, -0.2) is 19.9 Å². The first-order valence-electron chi connectivity index (χ1n) is 6.67. The van der Waals surface area contributed by atoms with E-state index < -0.39 is 0 Å². The minimum absolute atomic E-state index is 0.527. The lowest BCUT2D eigenvalue weighted by molar-refractivity contribution is 0.455. The second kappa shape index (κ2) is 6.19. The Bertz CT molecular complexity index is 808. The summed E-state index contributed by atoms with van der Waals surface area (Å²) in [6.07, 6.45) is 6.78. The quantitative estimate of drug-likeness (QED) is 0.706. The zero-order valence-electron chi connectivity index (χ0n) is 12.1. The fourth-order valence-electron chi connectivity index (χ4n) is 1.89. The van der Waals surface area contributed by atoms with E-state index in [-0.39, 0.29) is 0 Å². The van der Waals surface area contributed by atoms with E-state index in [2.05, 4.69) is 35.9 Å². The summed E-state index contributed by atoms with van der Waals surface area (Å²) in [5, 5.41) is 0. The van der Waals surface area contributed by atoms with Crippen molar-refractivity contribution in [3.63, 3.8) is 0 Å².